The molecule has 0 aliphatic rings. The maximum absolute atomic E-state index is 13.1. The van der Waals surface area contributed by atoms with Gasteiger partial charge in [-0.25, -0.2) is 4.39 Å². The van der Waals surface area contributed by atoms with Gasteiger partial charge in [0.1, 0.15) is 5.82 Å². The van der Waals surface area contributed by atoms with Crippen LogP contribution >= 0.6 is 0 Å². The summed E-state index contributed by atoms with van der Waals surface area (Å²) < 4.78 is 52.5. The number of nitrogens with one attached hydrogen (secondary N) is 1. The highest BCUT2D eigenvalue weighted by atomic mass is 19.4. The average molecular weight is 287 g/mol. The first-order chi connectivity index (χ1) is 9.40. The number of aromatic nitrogens is 2. The molecule has 0 amide bonds. The van der Waals surface area contributed by atoms with Crippen molar-refractivity contribution in [2.24, 2.45) is 0 Å². The summed E-state index contributed by atoms with van der Waals surface area (Å²) in [4.78, 5) is 0. The SMILES string of the molecule is CCn1cc(CNc2ccc(F)c(C(F)(F)F)c2)cn1. The zero-order chi connectivity index (χ0) is 14.8. The lowest BCUT2D eigenvalue weighted by Crippen LogP contribution is -2.09. The van der Waals surface area contributed by atoms with Crippen molar-refractivity contribution >= 4 is 5.69 Å². The number of halogens is 4. The van der Waals surface area contributed by atoms with Crippen LogP contribution in [0, 0.1) is 5.82 Å². The van der Waals surface area contributed by atoms with Gasteiger partial charge in [0.2, 0.25) is 0 Å². The van der Waals surface area contributed by atoms with Crippen molar-refractivity contribution in [3.05, 3.63) is 47.5 Å². The predicted octanol–water partition coefficient (Wildman–Crippen LogP) is 3.67. The molecule has 0 saturated carbocycles. The van der Waals surface area contributed by atoms with E-state index in [1.807, 2.05) is 6.92 Å². The summed E-state index contributed by atoms with van der Waals surface area (Å²) in [5, 5.41) is 6.87. The first kappa shape index (κ1) is 14.4. The van der Waals surface area contributed by atoms with Crippen molar-refractivity contribution in [2.75, 3.05) is 5.32 Å². The fourth-order valence-corrected chi connectivity index (χ4v) is 1.73. The second-order valence-electron chi connectivity index (χ2n) is 4.25. The fraction of sp³-hybridized carbons (Fsp3) is 0.308. The van der Waals surface area contributed by atoms with Gasteiger partial charge in [-0.2, -0.15) is 18.3 Å². The molecule has 1 N–H and O–H groups in total. The van der Waals surface area contributed by atoms with Crippen molar-refractivity contribution in [2.45, 2.75) is 26.2 Å². The Bertz CT molecular complexity index is 590. The first-order valence-corrected chi connectivity index (χ1v) is 6.02. The van der Waals surface area contributed by atoms with Crippen LogP contribution in [0.2, 0.25) is 0 Å². The highest BCUT2D eigenvalue weighted by Gasteiger charge is 2.34. The second kappa shape index (κ2) is 5.52. The number of benzene rings is 1. The monoisotopic (exact) mass is 287 g/mol. The Morgan fingerprint density at radius 1 is 1.30 bits per heavy atom. The third-order valence-corrected chi connectivity index (χ3v) is 2.78. The third-order valence-electron chi connectivity index (χ3n) is 2.78. The Morgan fingerprint density at radius 3 is 2.65 bits per heavy atom. The van der Waals surface area contributed by atoms with Gasteiger partial charge in [-0.15, -0.1) is 0 Å². The van der Waals surface area contributed by atoms with E-state index in [0.717, 1.165) is 24.2 Å². The highest BCUT2D eigenvalue weighted by Crippen LogP contribution is 2.33. The molecule has 0 spiro atoms. The molecule has 1 heterocycles. The van der Waals surface area contributed by atoms with Gasteiger partial charge in [0, 0.05) is 30.5 Å². The molecule has 108 valence electrons. The van der Waals surface area contributed by atoms with E-state index in [0.29, 0.717) is 6.54 Å². The largest absolute Gasteiger partial charge is 0.419 e. The molecule has 3 nitrogen and oxygen atoms in total. The number of aryl methyl sites for hydroxylation is 1. The number of hydrogen-bond acceptors (Lipinski definition) is 2. The summed E-state index contributed by atoms with van der Waals surface area (Å²) in [6.07, 6.45) is -1.28. The fourth-order valence-electron chi connectivity index (χ4n) is 1.73. The molecule has 2 rings (SSSR count). The first-order valence-electron chi connectivity index (χ1n) is 6.02. The minimum Gasteiger partial charge on any atom is -0.381 e. The molecule has 0 radical (unpaired) electrons. The summed E-state index contributed by atoms with van der Waals surface area (Å²) in [7, 11) is 0. The highest BCUT2D eigenvalue weighted by molar-refractivity contribution is 5.47. The summed E-state index contributed by atoms with van der Waals surface area (Å²) in [5.41, 5.74) is -0.223. The molecule has 0 aliphatic carbocycles. The molecule has 7 heteroatoms. The van der Waals surface area contributed by atoms with Crippen LogP contribution in [-0.2, 0) is 19.3 Å². The molecular formula is C13H13F4N3. The topological polar surface area (TPSA) is 29.9 Å². The molecule has 0 aliphatic heterocycles. The van der Waals surface area contributed by atoms with Crippen LogP contribution in [0.5, 0.6) is 0 Å². The number of alkyl halides is 3. The Kier molecular flexibility index (Phi) is 3.96. The predicted molar refractivity (Wildman–Crippen MR) is 66.6 cm³/mol. The summed E-state index contributed by atoms with van der Waals surface area (Å²) in [6, 6.07) is 2.84. The number of nitrogens with zero attached hydrogens (tertiary/aromatic N) is 2. The molecule has 2 aromatic rings. The van der Waals surface area contributed by atoms with Gasteiger partial charge in [0.25, 0.3) is 0 Å². The van der Waals surface area contributed by atoms with Crippen LogP contribution < -0.4 is 5.32 Å². The number of hydrogen-bond donors (Lipinski definition) is 1. The standard InChI is InChI=1S/C13H13F4N3/c1-2-20-8-9(7-19-20)6-18-10-3-4-12(14)11(5-10)13(15,16)17/h3-5,7-8,18H,2,6H2,1H3. The average Bonchev–Trinajstić information content (AvgIpc) is 2.84. The van der Waals surface area contributed by atoms with E-state index < -0.39 is 17.6 Å². The lowest BCUT2D eigenvalue weighted by molar-refractivity contribution is -0.139. The van der Waals surface area contributed by atoms with Crippen molar-refractivity contribution in [3.8, 4) is 0 Å². The van der Waals surface area contributed by atoms with Gasteiger partial charge < -0.3 is 5.32 Å². The van der Waals surface area contributed by atoms with Crippen LogP contribution in [-0.4, -0.2) is 9.78 Å². The molecule has 0 atom stereocenters. The Hall–Kier alpha value is -2.05. The summed E-state index contributed by atoms with van der Waals surface area (Å²) in [6.45, 7) is 2.97. The minimum absolute atomic E-state index is 0.211. The van der Waals surface area contributed by atoms with E-state index in [9.17, 15) is 17.6 Å². The lowest BCUT2D eigenvalue weighted by atomic mass is 10.1. The van der Waals surface area contributed by atoms with E-state index in [1.54, 1.807) is 17.1 Å². The summed E-state index contributed by atoms with van der Waals surface area (Å²) >= 11 is 0. The van der Waals surface area contributed by atoms with E-state index in [-0.39, 0.29) is 5.69 Å². The smallest absolute Gasteiger partial charge is 0.381 e. The van der Waals surface area contributed by atoms with E-state index in [1.165, 1.54) is 6.07 Å². The molecule has 1 aromatic carbocycles. The molecular weight excluding hydrogens is 274 g/mol. The zero-order valence-corrected chi connectivity index (χ0v) is 10.7. The van der Waals surface area contributed by atoms with Gasteiger partial charge in [0.05, 0.1) is 11.8 Å². The molecule has 20 heavy (non-hydrogen) atoms. The van der Waals surface area contributed by atoms with Crippen LogP contribution in [0.4, 0.5) is 23.2 Å². The van der Waals surface area contributed by atoms with E-state index >= 15 is 0 Å². The Morgan fingerprint density at radius 2 is 2.05 bits per heavy atom. The molecule has 0 saturated heterocycles. The summed E-state index contributed by atoms with van der Waals surface area (Å²) in [5.74, 6) is -1.28. The van der Waals surface area contributed by atoms with Crippen LogP contribution in [0.15, 0.2) is 30.6 Å². The minimum atomic E-state index is -4.70. The van der Waals surface area contributed by atoms with Crippen LogP contribution in [0.3, 0.4) is 0 Å². The van der Waals surface area contributed by atoms with Crippen molar-refractivity contribution in [3.63, 3.8) is 0 Å². The molecule has 0 unspecified atom stereocenters. The molecule has 1 aromatic heterocycles. The Balaban J connectivity index is 2.10. The van der Waals surface area contributed by atoms with Gasteiger partial charge in [-0.1, -0.05) is 0 Å². The van der Waals surface area contributed by atoms with Gasteiger partial charge in [-0.3, -0.25) is 4.68 Å². The van der Waals surface area contributed by atoms with Crippen LogP contribution in [0.25, 0.3) is 0 Å². The van der Waals surface area contributed by atoms with Crippen LogP contribution in [0.1, 0.15) is 18.1 Å². The van der Waals surface area contributed by atoms with Crippen molar-refractivity contribution in [1.82, 2.24) is 9.78 Å². The van der Waals surface area contributed by atoms with Crippen molar-refractivity contribution in [1.29, 1.82) is 0 Å². The Labute approximate surface area is 113 Å². The van der Waals surface area contributed by atoms with Crippen molar-refractivity contribution < 1.29 is 17.6 Å². The maximum Gasteiger partial charge on any atom is 0.419 e. The lowest BCUT2D eigenvalue weighted by Gasteiger charge is -2.11. The molecule has 0 bridgehead atoms. The van der Waals surface area contributed by atoms with E-state index in [4.69, 9.17) is 0 Å². The van der Waals surface area contributed by atoms with Gasteiger partial charge in [-0.05, 0) is 25.1 Å². The maximum atomic E-state index is 13.1. The normalized spacial score (nSPS) is 11.7. The van der Waals surface area contributed by atoms with Gasteiger partial charge in [0.15, 0.2) is 0 Å². The quantitative estimate of drug-likeness (QED) is 0.869. The molecule has 0 fully saturated rings. The zero-order valence-electron chi connectivity index (χ0n) is 10.7. The van der Waals surface area contributed by atoms with Gasteiger partial charge >= 0.3 is 6.18 Å². The third kappa shape index (κ3) is 3.28. The van der Waals surface area contributed by atoms with E-state index in [2.05, 4.69) is 10.4 Å². The number of anilines is 1. The number of rotatable bonds is 4. The second-order valence-corrected chi connectivity index (χ2v) is 4.25.